The van der Waals surface area contributed by atoms with Crippen LogP contribution in [-0.4, -0.2) is 37.5 Å². The summed E-state index contributed by atoms with van der Waals surface area (Å²) in [5.41, 5.74) is 7.06. The summed E-state index contributed by atoms with van der Waals surface area (Å²) in [7, 11) is 0. The Morgan fingerprint density at radius 1 is 1.30 bits per heavy atom. The number of aromatic nitrogens is 4. The maximum atomic E-state index is 10.8. The summed E-state index contributed by atoms with van der Waals surface area (Å²) in [6.45, 7) is 1.92. The van der Waals surface area contributed by atoms with Crippen molar-refractivity contribution in [3.63, 3.8) is 0 Å². The molecule has 1 aromatic heterocycles. The molecule has 0 saturated heterocycles. The van der Waals surface area contributed by atoms with Crippen LogP contribution in [0.4, 0.5) is 0 Å². The number of aliphatic carboxylic acids is 1. The van der Waals surface area contributed by atoms with E-state index in [1.165, 1.54) is 0 Å². The average molecular weight is 273 g/mol. The van der Waals surface area contributed by atoms with Gasteiger partial charge in [-0.25, -0.2) is 0 Å². The third kappa shape index (κ3) is 3.33. The van der Waals surface area contributed by atoms with E-state index in [1.807, 2.05) is 19.1 Å². The molecule has 2 aromatic rings. The molecule has 3 N–H and O–H groups in total. The minimum absolute atomic E-state index is 0.247. The summed E-state index contributed by atoms with van der Waals surface area (Å²) in [6.07, 6.45) is 0.921. The molecule has 104 valence electrons. The molecule has 0 amide bonds. The topological polar surface area (TPSA) is 115 Å². The molecule has 1 heterocycles. The molecule has 7 heteroatoms. The molecule has 0 aliphatic carbocycles. The number of carboxylic acids is 1. The van der Waals surface area contributed by atoms with Crippen LogP contribution in [0.1, 0.15) is 18.3 Å². The zero-order chi connectivity index (χ0) is 14.5. The predicted octanol–water partition coefficient (Wildman–Crippen LogP) is 0.450. The second-order valence-corrected chi connectivity index (χ2v) is 4.34. The van der Waals surface area contributed by atoms with Gasteiger partial charge in [-0.3, -0.25) is 4.79 Å². The molecule has 0 bridgehead atoms. The second kappa shape index (κ2) is 6.16. The number of nitrogens with zero attached hydrogens (tertiary/aromatic N) is 4. The monoisotopic (exact) mass is 273 g/mol. The molecule has 7 nitrogen and oxygen atoms in total. The number of rotatable bonds is 5. The van der Waals surface area contributed by atoms with Gasteiger partial charge in [-0.15, -0.1) is 20.4 Å². The fourth-order valence-electron chi connectivity index (χ4n) is 1.69. The van der Waals surface area contributed by atoms with Crippen LogP contribution in [0.3, 0.4) is 0 Å². The Hall–Kier alpha value is -2.41. The Balaban J connectivity index is 2.22. The van der Waals surface area contributed by atoms with Crippen LogP contribution < -0.4 is 5.73 Å². The first kappa shape index (κ1) is 14.0. The highest BCUT2D eigenvalue weighted by Crippen LogP contribution is 2.16. The molecular formula is C13H15N5O2. The summed E-state index contributed by atoms with van der Waals surface area (Å²) in [5, 5.41) is 24.7. The number of hydrogen-bond acceptors (Lipinski definition) is 6. The average Bonchev–Trinajstić information content (AvgIpc) is 2.47. The number of nitrogens with two attached hydrogens (primary N) is 1. The van der Waals surface area contributed by atoms with Gasteiger partial charge in [-0.05, 0) is 18.1 Å². The van der Waals surface area contributed by atoms with E-state index < -0.39 is 12.0 Å². The molecule has 0 aliphatic heterocycles. The van der Waals surface area contributed by atoms with Gasteiger partial charge < -0.3 is 10.8 Å². The Kier molecular flexibility index (Phi) is 4.31. The van der Waals surface area contributed by atoms with E-state index in [0.29, 0.717) is 18.1 Å². The molecule has 0 saturated carbocycles. The smallest absolute Gasteiger partial charge is 0.320 e. The maximum absolute atomic E-state index is 10.8. The number of benzene rings is 1. The molecule has 20 heavy (non-hydrogen) atoms. The van der Waals surface area contributed by atoms with Crippen LogP contribution in [-0.2, 0) is 17.6 Å². The summed E-state index contributed by atoms with van der Waals surface area (Å²) < 4.78 is 0. The van der Waals surface area contributed by atoms with Gasteiger partial charge in [0.25, 0.3) is 0 Å². The van der Waals surface area contributed by atoms with Gasteiger partial charge in [0.15, 0.2) is 5.82 Å². The normalized spacial score (nSPS) is 12.1. The van der Waals surface area contributed by atoms with Crippen molar-refractivity contribution in [2.75, 3.05) is 0 Å². The molecule has 1 aromatic carbocycles. The van der Waals surface area contributed by atoms with Crippen molar-refractivity contribution in [2.45, 2.75) is 25.8 Å². The largest absolute Gasteiger partial charge is 0.480 e. The molecule has 0 radical (unpaired) electrons. The van der Waals surface area contributed by atoms with Gasteiger partial charge >= 0.3 is 5.97 Å². The number of carboxylic acid groups (broad SMARTS) is 1. The van der Waals surface area contributed by atoms with Crippen molar-refractivity contribution in [3.8, 4) is 11.4 Å². The standard InChI is InChI=1S/C13H15N5O2/c1-2-11-15-17-12(18-16-11)9-5-3-4-8(6-9)7-10(14)13(19)20/h3-6,10H,2,7,14H2,1H3,(H,19,20). The van der Waals surface area contributed by atoms with E-state index in [2.05, 4.69) is 20.4 Å². The Morgan fingerprint density at radius 3 is 2.60 bits per heavy atom. The van der Waals surface area contributed by atoms with E-state index >= 15 is 0 Å². The first-order chi connectivity index (χ1) is 9.60. The first-order valence-electron chi connectivity index (χ1n) is 6.24. The number of carbonyl (C=O) groups is 1. The molecule has 0 fully saturated rings. The van der Waals surface area contributed by atoms with Crippen LogP contribution in [0.15, 0.2) is 24.3 Å². The van der Waals surface area contributed by atoms with E-state index in [0.717, 1.165) is 11.1 Å². The molecule has 1 atom stereocenters. The van der Waals surface area contributed by atoms with Crippen molar-refractivity contribution in [2.24, 2.45) is 5.73 Å². The van der Waals surface area contributed by atoms with Crippen molar-refractivity contribution in [1.82, 2.24) is 20.4 Å². The zero-order valence-corrected chi connectivity index (χ0v) is 11.0. The molecule has 1 unspecified atom stereocenters. The van der Waals surface area contributed by atoms with Crippen LogP contribution in [0, 0.1) is 0 Å². The fraction of sp³-hybridized carbons (Fsp3) is 0.308. The Labute approximate surface area is 115 Å². The van der Waals surface area contributed by atoms with E-state index in [-0.39, 0.29) is 6.42 Å². The van der Waals surface area contributed by atoms with Crippen LogP contribution in [0.25, 0.3) is 11.4 Å². The van der Waals surface area contributed by atoms with Gasteiger partial charge in [-0.2, -0.15) is 0 Å². The third-order valence-electron chi connectivity index (χ3n) is 2.79. The van der Waals surface area contributed by atoms with Crippen molar-refractivity contribution in [3.05, 3.63) is 35.7 Å². The van der Waals surface area contributed by atoms with Crippen molar-refractivity contribution in [1.29, 1.82) is 0 Å². The molecule has 0 aliphatic rings. The number of aryl methyl sites for hydroxylation is 1. The summed E-state index contributed by atoms with van der Waals surface area (Å²) in [4.78, 5) is 10.8. The fourth-order valence-corrected chi connectivity index (χ4v) is 1.69. The highest BCUT2D eigenvalue weighted by atomic mass is 16.4. The highest BCUT2D eigenvalue weighted by Gasteiger charge is 2.13. The van der Waals surface area contributed by atoms with Crippen LogP contribution in [0.2, 0.25) is 0 Å². The first-order valence-corrected chi connectivity index (χ1v) is 6.24. The second-order valence-electron chi connectivity index (χ2n) is 4.34. The molecule has 2 rings (SSSR count). The quantitative estimate of drug-likeness (QED) is 0.812. The van der Waals surface area contributed by atoms with Gasteiger partial charge in [0, 0.05) is 12.0 Å². The van der Waals surface area contributed by atoms with Crippen molar-refractivity contribution < 1.29 is 9.90 Å². The molecule has 0 spiro atoms. The maximum Gasteiger partial charge on any atom is 0.320 e. The lowest BCUT2D eigenvalue weighted by atomic mass is 10.0. The van der Waals surface area contributed by atoms with E-state index in [4.69, 9.17) is 10.8 Å². The van der Waals surface area contributed by atoms with Crippen LogP contribution in [0.5, 0.6) is 0 Å². The number of hydrogen-bond donors (Lipinski definition) is 2. The van der Waals surface area contributed by atoms with Gasteiger partial charge in [0.1, 0.15) is 6.04 Å². The summed E-state index contributed by atoms with van der Waals surface area (Å²) in [5.74, 6) is -0.0342. The third-order valence-corrected chi connectivity index (χ3v) is 2.79. The Morgan fingerprint density at radius 2 is 2.00 bits per heavy atom. The molecular weight excluding hydrogens is 258 g/mol. The minimum Gasteiger partial charge on any atom is -0.480 e. The Bertz CT molecular complexity index is 600. The lowest BCUT2D eigenvalue weighted by Crippen LogP contribution is -2.32. The van der Waals surface area contributed by atoms with Crippen LogP contribution >= 0.6 is 0 Å². The zero-order valence-electron chi connectivity index (χ0n) is 11.0. The van der Waals surface area contributed by atoms with Gasteiger partial charge in [0.05, 0.1) is 0 Å². The van der Waals surface area contributed by atoms with E-state index in [1.54, 1.807) is 12.1 Å². The van der Waals surface area contributed by atoms with Crippen molar-refractivity contribution >= 4 is 5.97 Å². The van der Waals surface area contributed by atoms with Gasteiger partial charge in [0.2, 0.25) is 5.82 Å². The summed E-state index contributed by atoms with van der Waals surface area (Å²) in [6, 6.07) is 6.31. The van der Waals surface area contributed by atoms with E-state index in [9.17, 15) is 4.79 Å². The SMILES string of the molecule is CCc1nnc(-c2cccc(CC(N)C(=O)O)c2)nn1. The lowest BCUT2D eigenvalue weighted by Gasteiger charge is -2.07. The highest BCUT2D eigenvalue weighted by molar-refractivity contribution is 5.73. The predicted molar refractivity (Wildman–Crippen MR) is 71.8 cm³/mol. The van der Waals surface area contributed by atoms with Gasteiger partial charge in [-0.1, -0.05) is 25.1 Å². The minimum atomic E-state index is -1.03. The summed E-state index contributed by atoms with van der Waals surface area (Å²) >= 11 is 0. The lowest BCUT2D eigenvalue weighted by molar-refractivity contribution is -0.138.